The van der Waals surface area contributed by atoms with Gasteiger partial charge in [-0.25, -0.2) is 0 Å². The van der Waals surface area contributed by atoms with Gasteiger partial charge >= 0.3 is 0 Å². The maximum atomic E-state index is 12.3. The predicted molar refractivity (Wildman–Crippen MR) is 95.0 cm³/mol. The normalized spacial score (nSPS) is 11.3. The van der Waals surface area contributed by atoms with Crippen molar-refractivity contribution in [1.82, 2.24) is 10.2 Å². The fourth-order valence-corrected chi connectivity index (χ4v) is 2.36. The largest absolute Gasteiger partial charge is 0.350 e. The molecule has 0 spiro atoms. The minimum Gasteiger partial charge on any atom is -0.350 e. The highest BCUT2D eigenvalue weighted by atomic mass is 32.2. The molecule has 0 aromatic heterocycles. The van der Waals surface area contributed by atoms with Crippen LogP contribution in [0.15, 0.2) is 29.2 Å². The van der Waals surface area contributed by atoms with Crippen LogP contribution in [0.5, 0.6) is 0 Å². The van der Waals surface area contributed by atoms with Gasteiger partial charge in [-0.3, -0.25) is 4.79 Å². The fourth-order valence-electron chi connectivity index (χ4n) is 1.68. The second-order valence-electron chi connectivity index (χ2n) is 5.99. The number of alkyl halides is 2. The fraction of sp³-hybridized carbons (Fsp3) is 0.467. The molecule has 1 amide bonds. The number of likely N-dealkylation sites (N-methyl/N-ethyl adjacent to an activating group) is 1. The van der Waals surface area contributed by atoms with Crippen LogP contribution in [0.1, 0.15) is 20.8 Å². The van der Waals surface area contributed by atoms with Gasteiger partial charge < -0.3 is 15.5 Å². The molecule has 0 aliphatic rings. The highest BCUT2D eigenvalue weighted by Gasteiger charge is 2.16. The topological polar surface area (TPSA) is 44.4 Å². The minimum atomic E-state index is -2.44. The third-order valence-electron chi connectivity index (χ3n) is 2.57. The van der Waals surface area contributed by atoms with E-state index in [1.165, 1.54) is 0 Å². The lowest BCUT2D eigenvalue weighted by Crippen LogP contribution is -2.47. The number of nitrogens with one attached hydrogen (secondary N) is 2. The first-order valence-corrected chi connectivity index (χ1v) is 8.23. The molecule has 4 nitrogen and oxygen atoms in total. The number of thioether (sulfide) groups is 1. The van der Waals surface area contributed by atoms with Crippen molar-refractivity contribution in [2.24, 2.45) is 0 Å². The van der Waals surface area contributed by atoms with Crippen LogP contribution in [0.4, 0.5) is 14.5 Å². The summed E-state index contributed by atoms with van der Waals surface area (Å²) in [4.78, 5) is 13.9. The molecule has 0 aliphatic carbocycles. The second kappa shape index (κ2) is 8.44. The van der Waals surface area contributed by atoms with Crippen LogP contribution < -0.4 is 10.6 Å². The average Bonchev–Trinajstić information content (AvgIpc) is 2.37. The number of amides is 1. The number of nitrogens with zero attached hydrogens (tertiary/aromatic N) is 1. The van der Waals surface area contributed by atoms with Gasteiger partial charge in [-0.2, -0.15) is 8.78 Å². The zero-order valence-electron chi connectivity index (χ0n) is 13.5. The van der Waals surface area contributed by atoms with E-state index in [1.54, 1.807) is 36.2 Å². The van der Waals surface area contributed by atoms with Crippen molar-refractivity contribution in [2.75, 3.05) is 18.9 Å². The van der Waals surface area contributed by atoms with E-state index < -0.39 is 5.76 Å². The van der Waals surface area contributed by atoms with Crippen molar-refractivity contribution >= 4 is 40.7 Å². The Kier molecular flexibility index (Phi) is 7.21. The number of benzene rings is 1. The summed E-state index contributed by atoms with van der Waals surface area (Å²) in [7, 11) is 1.71. The lowest BCUT2D eigenvalue weighted by atomic mass is 10.1. The molecule has 1 aromatic rings. The van der Waals surface area contributed by atoms with E-state index in [4.69, 9.17) is 12.2 Å². The number of anilines is 1. The van der Waals surface area contributed by atoms with E-state index in [2.05, 4.69) is 10.6 Å². The first-order valence-electron chi connectivity index (χ1n) is 6.95. The average molecular weight is 361 g/mol. The zero-order chi connectivity index (χ0) is 17.6. The van der Waals surface area contributed by atoms with E-state index in [-0.39, 0.29) is 18.0 Å². The molecule has 0 unspecified atom stereocenters. The Hall–Kier alpha value is -1.41. The van der Waals surface area contributed by atoms with Gasteiger partial charge in [-0.15, -0.1) is 0 Å². The molecule has 2 N–H and O–H groups in total. The Morgan fingerprint density at radius 2 is 1.87 bits per heavy atom. The Balaban J connectivity index is 2.53. The molecule has 0 radical (unpaired) electrons. The highest BCUT2D eigenvalue weighted by Crippen LogP contribution is 2.26. The lowest BCUT2D eigenvalue weighted by molar-refractivity contribution is -0.122. The quantitative estimate of drug-likeness (QED) is 0.620. The maximum Gasteiger partial charge on any atom is 0.288 e. The molecule has 0 atom stereocenters. The molecular formula is C15H21F2N3OS2. The summed E-state index contributed by atoms with van der Waals surface area (Å²) in [6.45, 7) is 5.84. The zero-order valence-corrected chi connectivity index (χ0v) is 15.2. The van der Waals surface area contributed by atoms with Crippen molar-refractivity contribution in [3.05, 3.63) is 24.3 Å². The van der Waals surface area contributed by atoms with Gasteiger partial charge in [0, 0.05) is 23.2 Å². The Morgan fingerprint density at radius 1 is 1.30 bits per heavy atom. The molecule has 0 fully saturated rings. The van der Waals surface area contributed by atoms with Crippen LogP contribution in [-0.4, -0.2) is 40.8 Å². The second-order valence-corrected chi connectivity index (χ2v) is 7.44. The van der Waals surface area contributed by atoms with Crippen LogP contribution in [0.3, 0.4) is 0 Å². The summed E-state index contributed by atoms with van der Waals surface area (Å²) in [5, 5.41) is 6.20. The van der Waals surface area contributed by atoms with Gasteiger partial charge in [0.25, 0.3) is 5.76 Å². The van der Waals surface area contributed by atoms with Crippen LogP contribution in [0, 0.1) is 0 Å². The first-order chi connectivity index (χ1) is 10.6. The van der Waals surface area contributed by atoms with Crippen molar-refractivity contribution in [2.45, 2.75) is 37.0 Å². The van der Waals surface area contributed by atoms with Crippen molar-refractivity contribution in [3.8, 4) is 0 Å². The lowest BCUT2D eigenvalue weighted by Gasteiger charge is -2.25. The first kappa shape index (κ1) is 19.6. The molecule has 0 saturated carbocycles. The van der Waals surface area contributed by atoms with Crippen LogP contribution in [0.25, 0.3) is 0 Å². The highest BCUT2D eigenvalue weighted by molar-refractivity contribution is 7.99. The Morgan fingerprint density at radius 3 is 2.35 bits per heavy atom. The molecule has 0 saturated heterocycles. The standard InChI is InChI=1S/C15H21F2N3OS2/c1-15(2,3)19-12(21)9-20(4)14(22)18-10-5-7-11(8-6-10)23-13(16)17/h5-8,13H,9H2,1-4H3,(H,18,22)(H,19,21). The summed E-state index contributed by atoms with van der Waals surface area (Å²) in [5.41, 5.74) is 0.377. The van der Waals surface area contributed by atoms with E-state index >= 15 is 0 Å². The van der Waals surface area contributed by atoms with Gasteiger partial charge in [-0.05, 0) is 57.3 Å². The van der Waals surface area contributed by atoms with Gasteiger partial charge in [0.05, 0.1) is 6.54 Å². The SMILES string of the molecule is CN(CC(=O)NC(C)(C)C)C(=S)Nc1ccc(SC(F)F)cc1. The third kappa shape index (κ3) is 8.13. The molecule has 0 aliphatic heterocycles. The van der Waals surface area contributed by atoms with Gasteiger partial charge in [0.2, 0.25) is 5.91 Å². The molecule has 1 rings (SSSR count). The number of rotatable bonds is 5. The van der Waals surface area contributed by atoms with Gasteiger partial charge in [0.1, 0.15) is 0 Å². The number of thiocarbonyl (C=S) groups is 1. The molecule has 23 heavy (non-hydrogen) atoms. The van der Waals surface area contributed by atoms with E-state index in [1.807, 2.05) is 20.8 Å². The summed E-state index contributed by atoms with van der Waals surface area (Å²) in [6.07, 6.45) is 0. The maximum absolute atomic E-state index is 12.3. The number of hydrogen-bond acceptors (Lipinski definition) is 3. The van der Waals surface area contributed by atoms with E-state index in [9.17, 15) is 13.6 Å². The number of carbonyl (C=O) groups is 1. The minimum absolute atomic E-state index is 0.127. The number of carbonyl (C=O) groups excluding carboxylic acids is 1. The summed E-state index contributed by atoms with van der Waals surface area (Å²) < 4.78 is 24.5. The Bertz CT molecular complexity index is 545. The van der Waals surface area contributed by atoms with Crippen molar-refractivity contribution < 1.29 is 13.6 Å². The van der Waals surface area contributed by atoms with Crippen LogP contribution >= 0.6 is 24.0 Å². The number of halogens is 2. The van der Waals surface area contributed by atoms with E-state index in [0.717, 1.165) is 0 Å². The molecular weight excluding hydrogens is 340 g/mol. The van der Waals surface area contributed by atoms with Gasteiger partial charge in [-0.1, -0.05) is 11.8 Å². The third-order valence-corrected chi connectivity index (χ3v) is 3.71. The summed E-state index contributed by atoms with van der Waals surface area (Å²) in [5.74, 6) is -2.57. The molecule has 1 aromatic carbocycles. The monoisotopic (exact) mass is 361 g/mol. The number of hydrogen-bond donors (Lipinski definition) is 2. The van der Waals surface area contributed by atoms with Crippen molar-refractivity contribution in [3.63, 3.8) is 0 Å². The van der Waals surface area contributed by atoms with Crippen LogP contribution in [-0.2, 0) is 4.79 Å². The molecule has 128 valence electrons. The van der Waals surface area contributed by atoms with Gasteiger partial charge in [0.15, 0.2) is 5.11 Å². The molecule has 0 bridgehead atoms. The molecule has 8 heteroatoms. The Labute approximate surface area is 145 Å². The summed E-state index contributed by atoms with van der Waals surface area (Å²) in [6, 6.07) is 6.52. The smallest absolute Gasteiger partial charge is 0.288 e. The van der Waals surface area contributed by atoms with E-state index in [0.29, 0.717) is 27.5 Å². The molecule has 0 heterocycles. The van der Waals surface area contributed by atoms with Crippen LogP contribution in [0.2, 0.25) is 0 Å². The van der Waals surface area contributed by atoms with Crippen molar-refractivity contribution in [1.29, 1.82) is 0 Å². The summed E-state index contributed by atoms with van der Waals surface area (Å²) >= 11 is 5.72. The predicted octanol–water partition coefficient (Wildman–Crippen LogP) is 3.54.